The molecule has 0 aliphatic rings. The minimum Gasteiger partial charge on any atom is -0.354 e. The van der Waals surface area contributed by atoms with Crippen molar-refractivity contribution in [2.24, 2.45) is 0 Å². The van der Waals surface area contributed by atoms with Gasteiger partial charge in [-0.2, -0.15) is 0 Å². The van der Waals surface area contributed by atoms with Gasteiger partial charge in [0.15, 0.2) is 0 Å². The number of benzene rings is 2. The predicted molar refractivity (Wildman–Crippen MR) is 91.4 cm³/mol. The molecule has 1 atom stereocenters. The Morgan fingerprint density at radius 1 is 0.957 bits per heavy atom. The molecule has 0 saturated heterocycles. The van der Waals surface area contributed by atoms with Crippen molar-refractivity contribution >= 4 is 11.8 Å². The molecule has 0 aliphatic heterocycles. The lowest BCUT2D eigenvalue weighted by Gasteiger charge is -2.13. The van der Waals surface area contributed by atoms with E-state index in [4.69, 9.17) is 0 Å². The van der Waals surface area contributed by atoms with Crippen LogP contribution in [-0.4, -0.2) is 24.9 Å². The van der Waals surface area contributed by atoms with Gasteiger partial charge in [-0.1, -0.05) is 55.0 Å². The standard InChI is InChI=1S/C19H22N2O2/c1-14-8-10-17(11-9-14)19(23)21-13-18(22)20-12-15(2)16-6-4-3-5-7-16/h3-11,15H,12-13H2,1-2H3,(H,20,22)(H,21,23)/t15-/m1/s1. The van der Waals surface area contributed by atoms with Crippen LogP contribution in [0.5, 0.6) is 0 Å². The minimum absolute atomic E-state index is 0.0196. The molecule has 2 rings (SSSR count). The van der Waals surface area contributed by atoms with Crippen LogP contribution in [0.4, 0.5) is 0 Å². The van der Waals surface area contributed by atoms with E-state index in [1.54, 1.807) is 12.1 Å². The number of hydrogen-bond donors (Lipinski definition) is 2. The smallest absolute Gasteiger partial charge is 0.251 e. The van der Waals surface area contributed by atoms with Gasteiger partial charge in [0.25, 0.3) is 5.91 Å². The Morgan fingerprint density at radius 2 is 1.61 bits per heavy atom. The molecule has 0 heterocycles. The fourth-order valence-corrected chi connectivity index (χ4v) is 2.20. The van der Waals surface area contributed by atoms with E-state index in [1.165, 1.54) is 5.56 Å². The lowest BCUT2D eigenvalue weighted by molar-refractivity contribution is -0.120. The van der Waals surface area contributed by atoms with Gasteiger partial charge >= 0.3 is 0 Å². The van der Waals surface area contributed by atoms with E-state index in [9.17, 15) is 9.59 Å². The summed E-state index contributed by atoms with van der Waals surface area (Å²) in [5.41, 5.74) is 2.83. The summed E-state index contributed by atoms with van der Waals surface area (Å²) in [6.45, 7) is 4.54. The molecule has 2 amide bonds. The lowest BCUT2D eigenvalue weighted by atomic mass is 10.0. The third-order valence-electron chi connectivity index (χ3n) is 3.70. The Balaban J connectivity index is 1.75. The van der Waals surface area contributed by atoms with Crippen LogP contribution in [0.25, 0.3) is 0 Å². The molecule has 2 N–H and O–H groups in total. The summed E-state index contributed by atoms with van der Waals surface area (Å²) in [5.74, 6) is -0.197. The Kier molecular flexibility index (Phi) is 5.92. The second kappa shape index (κ2) is 8.13. The largest absolute Gasteiger partial charge is 0.354 e. The third-order valence-corrected chi connectivity index (χ3v) is 3.70. The normalized spacial score (nSPS) is 11.6. The van der Waals surface area contributed by atoms with Crippen molar-refractivity contribution in [2.45, 2.75) is 19.8 Å². The summed E-state index contributed by atoms with van der Waals surface area (Å²) in [6, 6.07) is 17.2. The summed E-state index contributed by atoms with van der Waals surface area (Å²) in [4.78, 5) is 23.8. The number of aryl methyl sites for hydroxylation is 1. The highest BCUT2D eigenvalue weighted by atomic mass is 16.2. The van der Waals surface area contributed by atoms with Crippen LogP contribution < -0.4 is 10.6 Å². The fraction of sp³-hybridized carbons (Fsp3) is 0.263. The number of nitrogens with one attached hydrogen (secondary N) is 2. The maximum atomic E-state index is 11.9. The SMILES string of the molecule is Cc1ccc(C(=O)NCC(=O)NC[C@@H](C)c2ccccc2)cc1. The van der Waals surface area contributed by atoms with E-state index in [-0.39, 0.29) is 24.3 Å². The first kappa shape index (κ1) is 16.7. The van der Waals surface area contributed by atoms with Gasteiger partial charge in [-0.05, 0) is 30.5 Å². The lowest BCUT2D eigenvalue weighted by Crippen LogP contribution is -2.38. The molecule has 23 heavy (non-hydrogen) atoms. The van der Waals surface area contributed by atoms with Crippen LogP contribution in [0, 0.1) is 6.92 Å². The van der Waals surface area contributed by atoms with Gasteiger partial charge in [-0.3, -0.25) is 9.59 Å². The third kappa shape index (κ3) is 5.25. The first-order chi connectivity index (χ1) is 11.1. The summed E-state index contributed by atoms with van der Waals surface area (Å²) in [5, 5.41) is 5.47. The number of carbonyl (C=O) groups is 2. The number of hydrogen-bond acceptors (Lipinski definition) is 2. The van der Waals surface area contributed by atoms with Crippen LogP contribution in [-0.2, 0) is 4.79 Å². The molecule has 2 aromatic rings. The molecule has 0 bridgehead atoms. The van der Waals surface area contributed by atoms with Gasteiger partial charge in [0.05, 0.1) is 6.54 Å². The molecule has 120 valence electrons. The molecule has 0 unspecified atom stereocenters. The highest BCUT2D eigenvalue weighted by Gasteiger charge is 2.10. The highest BCUT2D eigenvalue weighted by molar-refractivity contribution is 5.96. The van der Waals surface area contributed by atoms with E-state index in [2.05, 4.69) is 17.6 Å². The van der Waals surface area contributed by atoms with Crippen LogP contribution in [0.15, 0.2) is 54.6 Å². The molecule has 0 radical (unpaired) electrons. The average molecular weight is 310 g/mol. The fourth-order valence-electron chi connectivity index (χ4n) is 2.20. The van der Waals surface area contributed by atoms with Crippen LogP contribution >= 0.6 is 0 Å². The number of carbonyl (C=O) groups excluding carboxylic acids is 2. The predicted octanol–water partition coefficient (Wildman–Crippen LogP) is 2.64. The van der Waals surface area contributed by atoms with Crippen molar-refractivity contribution in [2.75, 3.05) is 13.1 Å². The summed E-state index contributed by atoms with van der Waals surface area (Å²) < 4.78 is 0. The molecule has 0 fully saturated rings. The van der Waals surface area contributed by atoms with Gasteiger partial charge in [-0.25, -0.2) is 0 Å². The van der Waals surface area contributed by atoms with Gasteiger partial charge in [0, 0.05) is 12.1 Å². The van der Waals surface area contributed by atoms with Crippen LogP contribution in [0.1, 0.15) is 34.3 Å². The van der Waals surface area contributed by atoms with Crippen molar-refractivity contribution in [1.29, 1.82) is 0 Å². The highest BCUT2D eigenvalue weighted by Crippen LogP contribution is 2.12. The van der Waals surface area contributed by atoms with Crippen LogP contribution in [0.3, 0.4) is 0 Å². The van der Waals surface area contributed by atoms with Gasteiger partial charge < -0.3 is 10.6 Å². The second-order valence-corrected chi connectivity index (χ2v) is 5.66. The Bertz CT molecular complexity index is 651. The zero-order valence-corrected chi connectivity index (χ0v) is 13.5. The van der Waals surface area contributed by atoms with Crippen molar-refractivity contribution < 1.29 is 9.59 Å². The van der Waals surface area contributed by atoms with E-state index in [0.717, 1.165) is 5.56 Å². The first-order valence-electron chi connectivity index (χ1n) is 7.73. The average Bonchev–Trinajstić information content (AvgIpc) is 2.59. The maximum absolute atomic E-state index is 11.9. The van der Waals surface area contributed by atoms with E-state index in [1.807, 2.05) is 49.4 Å². The molecule has 4 heteroatoms. The molecule has 0 spiro atoms. The van der Waals surface area contributed by atoms with E-state index in [0.29, 0.717) is 12.1 Å². The quantitative estimate of drug-likeness (QED) is 0.862. The first-order valence-corrected chi connectivity index (χ1v) is 7.73. The topological polar surface area (TPSA) is 58.2 Å². The van der Waals surface area contributed by atoms with Gasteiger partial charge in [-0.15, -0.1) is 0 Å². The summed E-state index contributed by atoms with van der Waals surface area (Å²) >= 11 is 0. The van der Waals surface area contributed by atoms with Gasteiger partial charge in [0.2, 0.25) is 5.91 Å². The number of amides is 2. The van der Waals surface area contributed by atoms with E-state index >= 15 is 0 Å². The second-order valence-electron chi connectivity index (χ2n) is 5.66. The van der Waals surface area contributed by atoms with Crippen molar-refractivity contribution in [1.82, 2.24) is 10.6 Å². The number of rotatable bonds is 6. The monoisotopic (exact) mass is 310 g/mol. The molecule has 0 saturated carbocycles. The molecule has 0 aliphatic carbocycles. The zero-order valence-electron chi connectivity index (χ0n) is 13.5. The summed E-state index contributed by atoms with van der Waals surface area (Å²) in [7, 11) is 0. The molecular weight excluding hydrogens is 288 g/mol. The molecule has 2 aromatic carbocycles. The molecule has 0 aromatic heterocycles. The Morgan fingerprint density at radius 3 is 2.26 bits per heavy atom. The minimum atomic E-state index is -0.240. The molecule has 4 nitrogen and oxygen atoms in total. The van der Waals surface area contributed by atoms with Crippen molar-refractivity contribution in [3.05, 3.63) is 71.3 Å². The van der Waals surface area contributed by atoms with E-state index < -0.39 is 0 Å². The van der Waals surface area contributed by atoms with Crippen molar-refractivity contribution in [3.8, 4) is 0 Å². The maximum Gasteiger partial charge on any atom is 0.251 e. The zero-order chi connectivity index (χ0) is 16.7. The Labute approximate surface area is 136 Å². The van der Waals surface area contributed by atoms with Crippen LogP contribution in [0.2, 0.25) is 0 Å². The summed E-state index contributed by atoms with van der Waals surface area (Å²) in [6.07, 6.45) is 0. The van der Waals surface area contributed by atoms with Gasteiger partial charge in [0.1, 0.15) is 0 Å². The Hall–Kier alpha value is -2.62. The molecular formula is C19H22N2O2. The van der Waals surface area contributed by atoms with Crippen molar-refractivity contribution in [3.63, 3.8) is 0 Å².